The van der Waals surface area contributed by atoms with Gasteiger partial charge in [0.2, 0.25) is 0 Å². The van der Waals surface area contributed by atoms with Crippen molar-refractivity contribution in [1.82, 2.24) is 10.3 Å². The summed E-state index contributed by atoms with van der Waals surface area (Å²) in [5, 5.41) is 2.68. The molecule has 5 nitrogen and oxygen atoms in total. The van der Waals surface area contributed by atoms with E-state index in [4.69, 9.17) is 4.74 Å². The number of hydrogen-bond donors (Lipinski definition) is 1. The molecule has 1 aromatic heterocycles. The lowest BCUT2D eigenvalue weighted by molar-refractivity contribution is -0.129. The predicted molar refractivity (Wildman–Crippen MR) is 89.9 cm³/mol. The van der Waals surface area contributed by atoms with Gasteiger partial charge in [0.15, 0.2) is 6.10 Å². The van der Waals surface area contributed by atoms with Crippen LogP contribution in [0.1, 0.15) is 22.8 Å². The normalized spacial score (nSPS) is 11.6. The van der Waals surface area contributed by atoms with Crippen LogP contribution in [0.15, 0.2) is 47.2 Å². The number of pyridine rings is 1. The number of ether oxygens (including phenoxy) is 1. The summed E-state index contributed by atoms with van der Waals surface area (Å²) in [7, 11) is 0. The van der Waals surface area contributed by atoms with Crippen molar-refractivity contribution in [3.8, 4) is 0 Å². The number of halogens is 2. The van der Waals surface area contributed by atoms with Crippen LogP contribution in [0.4, 0.5) is 4.39 Å². The average molecular weight is 395 g/mol. The first-order valence-electron chi connectivity index (χ1n) is 7.29. The van der Waals surface area contributed by atoms with Crippen LogP contribution < -0.4 is 5.32 Å². The van der Waals surface area contributed by atoms with E-state index in [0.29, 0.717) is 17.4 Å². The van der Waals surface area contributed by atoms with Crippen molar-refractivity contribution in [3.63, 3.8) is 0 Å². The molecule has 24 heavy (non-hydrogen) atoms. The van der Waals surface area contributed by atoms with E-state index in [1.807, 2.05) is 0 Å². The van der Waals surface area contributed by atoms with Gasteiger partial charge in [-0.1, -0.05) is 12.1 Å². The summed E-state index contributed by atoms with van der Waals surface area (Å²) >= 11 is 3.21. The quantitative estimate of drug-likeness (QED) is 0.764. The number of nitrogens with one attached hydrogen (secondary N) is 1. The number of aromatic nitrogens is 1. The van der Waals surface area contributed by atoms with Crippen LogP contribution in [0.3, 0.4) is 0 Å². The summed E-state index contributed by atoms with van der Waals surface area (Å²) in [4.78, 5) is 27.8. The Labute approximate surface area is 147 Å². The molecule has 126 valence electrons. The van der Waals surface area contributed by atoms with E-state index >= 15 is 0 Å². The van der Waals surface area contributed by atoms with Crippen LogP contribution in [-0.4, -0.2) is 29.5 Å². The molecule has 1 heterocycles. The largest absolute Gasteiger partial charge is 0.449 e. The first kappa shape index (κ1) is 18.1. The fourth-order valence-corrected chi connectivity index (χ4v) is 2.30. The van der Waals surface area contributed by atoms with Crippen LogP contribution >= 0.6 is 15.9 Å². The molecule has 0 fully saturated rings. The number of amides is 1. The SMILES string of the molecule is C[C@@H](OC(=O)c1cncc(Br)c1)C(=O)NCCc1ccc(F)cc1. The van der Waals surface area contributed by atoms with E-state index in [9.17, 15) is 14.0 Å². The topological polar surface area (TPSA) is 68.3 Å². The summed E-state index contributed by atoms with van der Waals surface area (Å²) < 4.78 is 18.6. The van der Waals surface area contributed by atoms with E-state index in [1.165, 1.54) is 25.3 Å². The lowest BCUT2D eigenvalue weighted by Crippen LogP contribution is -2.36. The van der Waals surface area contributed by atoms with Crippen molar-refractivity contribution in [2.75, 3.05) is 6.54 Å². The zero-order chi connectivity index (χ0) is 17.5. The minimum absolute atomic E-state index is 0.260. The van der Waals surface area contributed by atoms with Crippen LogP contribution in [0.2, 0.25) is 0 Å². The molecule has 0 aliphatic rings. The number of carbonyl (C=O) groups excluding carboxylic acids is 2. The van der Waals surface area contributed by atoms with Gasteiger partial charge in [-0.3, -0.25) is 9.78 Å². The van der Waals surface area contributed by atoms with Crippen LogP contribution in [-0.2, 0) is 16.0 Å². The number of rotatable bonds is 6. The molecule has 0 saturated carbocycles. The molecule has 0 radical (unpaired) electrons. The van der Waals surface area contributed by atoms with E-state index in [0.717, 1.165) is 5.56 Å². The van der Waals surface area contributed by atoms with Crippen molar-refractivity contribution in [1.29, 1.82) is 0 Å². The third-order valence-electron chi connectivity index (χ3n) is 3.22. The summed E-state index contributed by atoms with van der Waals surface area (Å²) in [6.07, 6.45) is 2.54. The molecule has 0 aliphatic carbocycles. The standard InChI is InChI=1S/C17H16BrFN2O3/c1-11(24-17(23)13-8-14(18)10-20-9-13)16(22)21-7-6-12-2-4-15(19)5-3-12/h2-5,8-11H,6-7H2,1H3,(H,21,22)/t11-/m1/s1. The van der Waals surface area contributed by atoms with Crippen molar-refractivity contribution >= 4 is 27.8 Å². The summed E-state index contributed by atoms with van der Waals surface area (Å²) in [5.74, 6) is -1.32. The van der Waals surface area contributed by atoms with Gasteiger partial charge in [0.25, 0.3) is 5.91 Å². The molecule has 0 unspecified atom stereocenters. The Bertz CT molecular complexity index is 722. The van der Waals surface area contributed by atoms with Gasteiger partial charge in [-0.25, -0.2) is 9.18 Å². The van der Waals surface area contributed by atoms with Gasteiger partial charge in [0.05, 0.1) is 5.56 Å². The highest BCUT2D eigenvalue weighted by Crippen LogP contribution is 2.11. The fourth-order valence-electron chi connectivity index (χ4n) is 1.93. The lowest BCUT2D eigenvalue weighted by Gasteiger charge is -2.13. The van der Waals surface area contributed by atoms with E-state index in [-0.39, 0.29) is 11.4 Å². The van der Waals surface area contributed by atoms with Gasteiger partial charge < -0.3 is 10.1 Å². The number of hydrogen-bond acceptors (Lipinski definition) is 4. The molecule has 2 rings (SSSR count). The molecule has 7 heteroatoms. The molecular weight excluding hydrogens is 379 g/mol. The van der Waals surface area contributed by atoms with E-state index < -0.39 is 18.0 Å². The third kappa shape index (κ3) is 5.42. The smallest absolute Gasteiger partial charge is 0.340 e. The van der Waals surface area contributed by atoms with Crippen molar-refractivity contribution in [2.24, 2.45) is 0 Å². The Morgan fingerprint density at radius 1 is 1.29 bits per heavy atom. The molecular formula is C17H16BrFN2O3. The molecule has 0 saturated heterocycles. The number of benzene rings is 1. The molecule has 0 aliphatic heterocycles. The average Bonchev–Trinajstić information content (AvgIpc) is 2.56. The number of esters is 1. The van der Waals surface area contributed by atoms with Crippen LogP contribution in [0.5, 0.6) is 0 Å². The van der Waals surface area contributed by atoms with Crippen LogP contribution in [0.25, 0.3) is 0 Å². The van der Waals surface area contributed by atoms with E-state index in [1.54, 1.807) is 24.4 Å². The van der Waals surface area contributed by atoms with Gasteiger partial charge >= 0.3 is 5.97 Å². The maximum Gasteiger partial charge on any atom is 0.340 e. The maximum atomic E-state index is 12.8. The Kier molecular flexibility index (Phi) is 6.43. The molecule has 1 N–H and O–H groups in total. The second kappa shape index (κ2) is 8.54. The highest BCUT2D eigenvalue weighted by molar-refractivity contribution is 9.10. The van der Waals surface area contributed by atoms with Crippen molar-refractivity contribution < 1.29 is 18.7 Å². The monoisotopic (exact) mass is 394 g/mol. The van der Waals surface area contributed by atoms with Crippen LogP contribution in [0, 0.1) is 5.82 Å². The molecule has 1 aromatic carbocycles. The first-order chi connectivity index (χ1) is 11.5. The summed E-state index contributed by atoms with van der Waals surface area (Å²) in [5.41, 5.74) is 1.16. The van der Waals surface area contributed by atoms with Gasteiger partial charge in [-0.2, -0.15) is 0 Å². The number of carbonyl (C=O) groups is 2. The first-order valence-corrected chi connectivity index (χ1v) is 8.08. The molecule has 1 amide bonds. The summed E-state index contributed by atoms with van der Waals surface area (Å²) in [6, 6.07) is 7.62. The molecule has 0 spiro atoms. The number of nitrogens with zero attached hydrogens (tertiary/aromatic N) is 1. The second-order valence-corrected chi connectivity index (χ2v) is 6.02. The second-order valence-electron chi connectivity index (χ2n) is 5.11. The maximum absolute atomic E-state index is 12.8. The zero-order valence-corrected chi connectivity index (χ0v) is 14.5. The molecule has 2 aromatic rings. The Balaban J connectivity index is 1.79. The minimum atomic E-state index is -0.926. The summed E-state index contributed by atoms with van der Waals surface area (Å²) in [6.45, 7) is 1.86. The van der Waals surface area contributed by atoms with E-state index in [2.05, 4.69) is 26.2 Å². The van der Waals surface area contributed by atoms with Gasteiger partial charge in [0.1, 0.15) is 5.82 Å². The fraction of sp³-hybridized carbons (Fsp3) is 0.235. The highest BCUT2D eigenvalue weighted by atomic mass is 79.9. The Morgan fingerprint density at radius 3 is 2.67 bits per heavy atom. The lowest BCUT2D eigenvalue weighted by atomic mass is 10.1. The minimum Gasteiger partial charge on any atom is -0.449 e. The molecule has 0 bridgehead atoms. The van der Waals surface area contributed by atoms with Gasteiger partial charge in [-0.15, -0.1) is 0 Å². The highest BCUT2D eigenvalue weighted by Gasteiger charge is 2.18. The van der Waals surface area contributed by atoms with Gasteiger partial charge in [-0.05, 0) is 53.0 Å². The Hall–Kier alpha value is -2.28. The zero-order valence-electron chi connectivity index (χ0n) is 13.0. The predicted octanol–water partition coefficient (Wildman–Crippen LogP) is 2.89. The van der Waals surface area contributed by atoms with Gasteiger partial charge in [0, 0.05) is 23.4 Å². The third-order valence-corrected chi connectivity index (χ3v) is 3.65. The Morgan fingerprint density at radius 2 is 2.00 bits per heavy atom. The van der Waals surface area contributed by atoms with Crippen molar-refractivity contribution in [3.05, 3.63) is 64.1 Å². The molecule has 1 atom stereocenters. The van der Waals surface area contributed by atoms with Crippen molar-refractivity contribution in [2.45, 2.75) is 19.4 Å².